The molecule has 5 nitrogen and oxygen atoms in total. The minimum absolute atomic E-state index is 0.196. The highest BCUT2D eigenvalue weighted by molar-refractivity contribution is 6.35. The standard InChI is InChI=1S/C21H18Cl2N2O3/c1-24-12-15(7-8-20(24)26)21(27)25(18-10-16(22)9-17(23)11-18)13-14-5-3-4-6-19(14)28-2/h3-12H,13H2,1-2H3. The zero-order chi connectivity index (χ0) is 20.3. The van der Waals surface area contributed by atoms with E-state index < -0.39 is 0 Å². The molecule has 1 aromatic heterocycles. The summed E-state index contributed by atoms with van der Waals surface area (Å²) in [7, 11) is 3.17. The Balaban J connectivity index is 2.09. The van der Waals surface area contributed by atoms with E-state index in [0.29, 0.717) is 27.0 Å². The molecule has 0 unspecified atom stereocenters. The maximum absolute atomic E-state index is 13.3. The maximum atomic E-state index is 13.3. The molecule has 0 fully saturated rings. The molecule has 7 heteroatoms. The van der Waals surface area contributed by atoms with E-state index in [1.165, 1.54) is 22.9 Å². The summed E-state index contributed by atoms with van der Waals surface area (Å²) in [6.07, 6.45) is 1.51. The fourth-order valence-corrected chi connectivity index (χ4v) is 3.37. The second-order valence-corrected chi connectivity index (χ2v) is 7.07. The molecule has 0 radical (unpaired) electrons. The van der Waals surface area contributed by atoms with Gasteiger partial charge in [0.15, 0.2) is 0 Å². The Bertz CT molecular complexity index is 1060. The van der Waals surface area contributed by atoms with Crippen molar-refractivity contribution in [1.82, 2.24) is 4.57 Å². The number of hydrogen-bond donors (Lipinski definition) is 0. The lowest BCUT2D eigenvalue weighted by molar-refractivity contribution is 0.0984. The van der Waals surface area contributed by atoms with Crippen LogP contribution in [0.1, 0.15) is 15.9 Å². The topological polar surface area (TPSA) is 51.5 Å². The van der Waals surface area contributed by atoms with E-state index >= 15 is 0 Å². The van der Waals surface area contributed by atoms with E-state index in [2.05, 4.69) is 0 Å². The van der Waals surface area contributed by atoms with Gasteiger partial charge in [-0.1, -0.05) is 41.4 Å². The van der Waals surface area contributed by atoms with E-state index in [1.54, 1.807) is 37.3 Å². The predicted molar refractivity (Wildman–Crippen MR) is 112 cm³/mol. The number of para-hydroxylation sites is 1. The predicted octanol–water partition coefficient (Wildman–Crippen LogP) is 4.55. The second kappa shape index (κ2) is 8.50. The molecule has 0 spiro atoms. The Hall–Kier alpha value is -2.76. The fourth-order valence-electron chi connectivity index (χ4n) is 2.86. The van der Waals surface area contributed by atoms with Crippen molar-refractivity contribution >= 4 is 34.8 Å². The van der Waals surface area contributed by atoms with Crippen molar-refractivity contribution in [2.24, 2.45) is 7.05 Å². The van der Waals surface area contributed by atoms with E-state index in [9.17, 15) is 9.59 Å². The number of rotatable bonds is 5. The number of ether oxygens (including phenoxy) is 1. The Labute approximate surface area is 172 Å². The summed E-state index contributed by atoms with van der Waals surface area (Å²) in [4.78, 5) is 26.6. The second-order valence-electron chi connectivity index (χ2n) is 6.20. The highest BCUT2D eigenvalue weighted by atomic mass is 35.5. The van der Waals surface area contributed by atoms with Crippen LogP contribution in [0.25, 0.3) is 0 Å². The van der Waals surface area contributed by atoms with Crippen LogP contribution in [-0.2, 0) is 13.6 Å². The molecule has 3 rings (SSSR count). The van der Waals surface area contributed by atoms with Gasteiger partial charge in [-0.25, -0.2) is 0 Å². The number of methoxy groups -OCH3 is 1. The van der Waals surface area contributed by atoms with Crippen LogP contribution in [0.2, 0.25) is 10.0 Å². The van der Waals surface area contributed by atoms with Crippen LogP contribution < -0.4 is 15.2 Å². The van der Waals surface area contributed by atoms with Gasteiger partial charge in [0.2, 0.25) is 5.56 Å². The van der Waals surface area contributed by atoms with Crippen LogP contribution >= 0.6 is 23.2 Å². The average Bonchev–Trinajstić information content (AvgIpc) is 2.67. The van der Waals surface area contributed by atoms with Gasteiger partial charge in [0.05, 0.1) is 19.2 Å². The van der Waals surface area contributed by atoms with Crippen LogP contribution in [-0.4, -0.2) is 17.6 Å². The van der Waals surface area contributed by atoms with Crippen molar-refractivity contribution in [2.45, 2.75) is 6.54 Å². The van der Waals surface area contributed by atoms with Gasteiger partial charge in [-0.05, 0) is 30.3 Å². The maximum Gasteiger partial charge on any atom is 0.260 e. The largest absolute Gasteiger partial charge is 0.496 e. The van der Waals surface area contributed by atoms with Gasteiger partial charge in [0.1, 0.15) is 5.75 Å². The van der Waals surface area contributed by atoms with Crippen molar-refractivity contribution in [3.05, 3.63) is 92.3 Å². The molecule has 0 bridgehead atoms. The Morgan fingerprint density at radius 3 is 2.39 bits per heavy atom. The molecule has 144 valence electrons. The number of benzene rings is 2. The summed E-state index contributed by atoms with van der Waals surface area (Å²) in [6.45, 7) is 0.238. The van der Waals surface area contributed by atoms with Gasteiger partial charge < -0.3 is 14.2 Å². The number of aromatic nitrogens is 1. The van der Waals surface area contributed by atoms with Crippen molar-refractivity contribution in [1.29, 1.82) is 0 Å². The molecule has 0 saturated carbocycles. The Morgan fingerprint density at radius 1 is 1.07 bits per heavy atom. The molecule has 28 heavy (non-hydrogen) atoms. The van der Waals surface area contributed by atoms with Gasteiger partial charge in [-0.2, -0.15) is 0 Å². The summed E-state index contributed by atoms with van der Waals surface area (Å²) >= 11 is 12.3. The fraction of sp³-hybridized carbons (Fsp3) is 0.143. The zero-order valence-corrected chi connectivity index (χ0v) is 16.9. The van der Waals surface area contributed by atoms with Crippen molar-refractivity contribution in [2.75, 3.05) is 12.0 Å². The quantitative estimate of drug-likeness (QED) is 0.612. The average molecular weight is 417 g/mol. The van der Waals surface area contributed by atoms with Gasteiger partial charge in [0.25, 0.3) is 5.91 Å². The smallest absolute Gasteiger partial charge is 0.260 e. The van der Waals surface area contributed by atoms with E-state index in [4.69, 9.17) is 27.9 Å². The van der Waals surface area contributed by atoms with E-state index in [-0.39, 0.29) is 18.0 Å². The summed E-state index contributed by atoms with van der Waals surface area (Å²) < 4.78 is 6.77. The number of amides is 1. The molecule has 0 aliphatic rings. The zero-order valence-electron chi connectivity index (χ0n) is 15.4. The molecular formula is C21H18Cl2N2O3. The third-order valence-electron chi connectivity index (χ3n) is 4.26. The van der Waals surface area contributed by atoms with Crippen LogP contribution in [0.4, 0.5) is 5.69 Å². The molecule has 3 aromatic rings. The molecule has 0 aliphatic heterocycles. The van der Waals surface area contributed by atoms with Crippen molar-refractivity contribution in [3.63, 3.8) is 0 Å². The van der Waals surface area contributed by atoms with Crippen molar-refractivity contribution < 1.29 is 9.53 Å². The summed E-state index contributed by atoms with van der Waals surface area (Å²) in [5.41, 5.74) is 1.54. The van der Waals surface area contributed by atoms with Gasteiger partial charge in [-0.3, -0.25) is 9.59 Å². The normalized spacial score (nSPS) is 10.6. The summed E-state index contributed by atoms with van der Waals surface area (Å²) in [6, 6.07) is 15.2. The number of aryl methyl sites for hydroxylation is 1. The minimum Gasteiger partial charge on any atom is -0.496 e. The number of hydrogen-bond acceptors (Lipinski definition) is 3. The lowest BCUT2D eigenvalue weighted by Gasteiger charge is -2.24. The summed E-state index contributed by atoms with van der Waals surface area (Å²) in [5.74, 6) is 0.369. The molecular weight excluding hydrogens is 399 g/mol. The highest BCUT2D eigenvalue weighted by Gasteiger charge is 2.21. The molecule has 0 N–H and O–H groups in total. The van der Waals surface area contributed by atoms with Gasteiger partial charge in [-0.15, -0.1) is 0 Å². The summed E-state index contributed by atoms with van der Waals surface area (Å²) in [5, 5.41) is 0.835. The molecule has 1 amide bonds. The molecule has 0 atom stereocenters. The van der Waals surface area contributed by atoms with Crippen LogP contribution in [0, 0.1) is 0 Å². The minimum atomic E-state index is -0.292. The lowest BCUT2D eigenvalue weighted by Crippen LogP contribution is -2.31. The Kier molecular flexibility index (Phi) is 6.07. The highest BCUT2D eigenvalue weighted by Crippen LogP contribution is 2.29. The SMILES string of the molecule is COc1ccccc1CN(C(=O)c1ccc(=O)n(C)c1)c1cc(Cl)cc(Cl)c1. The number of halogens is 2. The van der Waals surface area contributed by atoms with Crippen LogP contribution in [0.5, 0.6) is 5.75 Å². The Morgan fingerprint density at radius 2 is 1.75 bits per heavy atom. The van der Waals surface area contributed by atoms with Gasteiger partial charge >= 0.3 is 0 Å². The van der Waals surface area contributed by atoms with E-state index in [1.807, 2.05) is 24.3 Å². The first-order chi connectivity index (χ1) is 13.4. The van der Waals surface area contributed by atoms with Crippen molar-refractivity contribution in [3.8, 4) is 5.75 Å². The van der Waals surface area contributed by atoms with Gasteiger partial charge in [0, 0.05) is 40.6 Å². The first-order valence-corrected chi connectivity index (χ1v) is 9.21. The number of carbonyl (C=O) groups is 1. The molecule has 2 aromatic carbocycles. The van der Waals surface area contributed by atoms with Crippen LogP contribution in [0.3, 0.4) is 0 Å². The number of anilines is 1. The number of carbonyl (C=O) groups excluding carboxylic acids is 1. The van der Waals surface area contributed by atoms with Crippen LogP contribution in [0.15, 0.2) is 65.6 Å². The number of pyridine rings is 1. The number of nitrogens with zero attached hydrogens (tertiary/aromatic N) is 2. The third-order valence-corrected chi connectivity index (χ3v) is 4.69. The third kappa shape index (κ3) is 4.38. The van der Waals surface area contributed by atoms with E-state index in [0.717, 1.165) is 5.56 Å². The first-order valence-electron chi connectivity index (χ1n) is 8.45. The molecule has 0 aliphatic carbocycles. The lowest BCUT2D eigenvalue weighted by atomic mass is 10.1. The molecule has 1 heterocycles. The molecule has 0 saturated heterocycles. The first kappa shape index (κ1) is 20.0. The monoisotopic (exact) mass is 416 g/mol.